The van der Waals surface area contributed by atoms with E-state index in [4.69, 9.17) is 15.2 Å². The number of nitrogens with two attached hydrogens (primary N) is 1. The molecule has 3 heterocycles. The molecule has 3 aromatic rings. The van der Waals surface area contributed by atoms with Crippen LogP contribution in [0.25, 0.3) is 11.3 Å². The summed E-state index contributed by atoms with van der Waals surface area (Å²) in [7, 11) is 0. The predicted molar refractivity (Wildman–Crippen MR) is 145 cm³/mol. The number of rotatable bonds is 3. The van der Waals surface area contributed by atoms with Crippen molar-refractivity contribution in [1.82, 2.24) is 15.3 Å². The minimum atomic E-state index is -0.141. The standard InChI is InChI=1S/C29H35N5O3/c30-25-17-21-8-10-24(25)26-12-14-32-29(34-26)33-23-9-11-27(37-18-20-6-2-1-3-7-20)22(16-23)19-36-15-5-4-13-31-28(21)35/h8-12,14,16-17,20H,1-7,13,15,18-19,30H2,(H,31,35)(H,32,33,34). The van der Waals surface area contributed by atoms with Crippen LogP contribution < -0.4 is 21.1 Å². The van der Waals surface area contributed by atoms with Gasteiger partial charge in [-0.05, 0) is 74.1 Å². The normalized spacial score (nSPS) is 17.1. The fourth-order valence-corrected chi connectivity index (χ4v) is 4.92. The molecule has 1 saturated carbocycles. The smallest absolute Gasteiger partial charge is 0.251 e. The summed E-state index contributed by atoms with van der Waals surface area (Å²) < 4.78 is 12.3. The van der Waals surface area contributed by atoms with Crippen LogP contribution in [0.5, 0.6) is 5.75 Å². The van der Waals surface area contributed by atoms with Gasteiger partial charge < -0.3 is 25.8 Å². The summed E-state index contributed by atoms with van der Waals surface area (Å²) in [4.78, 5) is 21.6. The van der Waals surface area contributed by atoms with Crippen molar-refractivity contribution in [1.29, 1.82) is 0 Å². The molecule has 0 atom stereocenters. The van der Waals surface area contributed by atoms with Crippen LogP contribution in [0.15, 0.2) is 48.7 Å². The summed E-state index contributed by atoms with van der Waals surface area (Å²) in [5, 5.41) is 6.27. The Morgan fingerprint density at radius 1 is 1.03 bits per heavy atom. The third kappa shape index (κ3) is 6.57. The number of nitrogen functional groups attached to an aromatic ring is 1. The van der Waals surface area contributed by atoms with Crippen LogP contribution in [0.2, 0.25) is 0 Å². The van der Waals surface area contributed by atoms with E-state index in [1.54, 1.807) is 24.4 Å². The van der Waals surface area contributed by atoms with E-state index in [0.29, 0.717) is 48.6 Å². The zero-order valence-electron chi connectivity index (χ0n) is 21.2. The third-order valence-corrected chi connectivity index (χ3v) is 7.02. The van der Waals surface area contributed by atoms with E-state index in [1.807, 2.05) is 24.3 Å². The second kappa shape index (κ2) is 12.1. The van der Waals surface area contributed by atoms with Crippen molar-refractivity contribution in [2.45, 2.75) is 51.6 Å². The minimum absolute atomic E-state index is 0.141. The molecule has 6 rings (SSSR count). The lowest BCUT2D eigenvalue weighted by atomic mass is 9.90. The van der Waals surface area contributed by atoms with Crippen LogP contribution in [0.1, 0.15) is 60.9 Å². The van der Waals surface area contributed by atoms with E-state index < -0.39 is 0 Å². The molecule has 194 valence electrons. The second-order valence-electron chi connectivity index (χ2n) is 9.85. The zero-order chi connectivity index (χ0) is 25.5. The highest BCUT2D eigenvalue weighted by molar-refractivity contribution is 5.96. The number of amides is 1. The number of ether oxygens (including phenoxy) is 2. The van der Waals surface area contributed by atoms with Crippen LogP contribution in [-0.2, 0) is 11.3 Å². The van der Waals surface area contributed by atoms with Crippen molar-refractivity contribution in [2.75, 3.05) is 30.8 Å². The Kier molecular flexibility index (Phi) is 8.15. The number of nitrogens with zero attached hydrogens (tertiary/aromatic N) is 2. The Labute approximate surface area is 218 Å². The van der Waals surface area contributed by atoms with Crippen molar-refractivity contribution in [3.05, 3.63) is 59.8 Å². The molecule has 2 aliphatic heterocycles. The average Bonchev–Trinajstić information content (AvgIpc) is 2.92. The molecule has 6 bridgehead atoms. The lowest BCUT2D eigenvalue weighted by Crippen LogP contribution is -2.24. The number of nitrogens with one attached hydrogen (secondary N) is 2. The summed E-state index contributed by atoms with van der Waals surface area (Å²) in [5.41, 5.74) is 10.6. The fraction of sp³-hybridized carbons (Fsp3) is 0.414. The first kappa shape index (κ1) is 25.0. The Balaban J connectivity index is 1.40. The molecule has 8 heteroatoms. The van der Waals surface area contributed by atoms with Gasteiger partial charge in [0.25, 0.3) is 5.91 Å². The molecule has 1 aromatic heterocycles. The Bertz CT molecular complexity index is 1230. The van der Waals surface area contributed by atoms with Gasteiger partial charge in [0, 0.05) is 47.4 Å². The summed E-state index contributed by atoms with van der Waals surface area (Å²) in [5.74, 6) is 1.80. The van der Waals surface area contributed by atoms with Crippen molar-refractivity contribution in [2.24, 2.45) is 5.92 Å². The van der Waals surface area contributed by atoms with Gasteiger partial charge in [0.2, 0.25) is 5.95 Å². The van der Waals surface area contributed by atoms with E-state index in [0.717, 1.165) is 42.0 Å². The first-order valence-electron chi connectivity index (χ1n) is 13.3. The van der Waals surface area contributed by atoms with Gasteiger partial charge >= 0.3 is 0 Å². The van der Waals surface area contributed by atoms with E-state index in [1.165, 1.54) is 32.1 Å². The lowest BCUT2D eigenvalue weighted by molar-refractivity contribution is 0.0944. The van der Waals surface area contributed by atoms with E-state index in [9.17, 15) is 4.79 Å². The molecule has 0 unspecified atom stereocenters. The lowest BCUT2D eigenvalue weighted by Gasteiger charge is -2.22. The zero-order valence-corrected chi connectivity index (χ0v) is 21.2. The molecular formula is C29H35N5O3. The molecule has 2 aromatic carbocycles. The third-order valence-electron chi connectivity index (χ3n) is 7.02. The maximum Gasteiger partial charge on any atom is 0.251 e. The molecular weight excluding hydrogens is 466 g/mol. The van der Waals surface area contributed by atoms with Gasteiger partial charge in [-0.15, -0.1) is 0 Å². The first-order chi connectivity index (χ1) is 18.2. The number of benzene rings is 2. The Hall–Kier alpha value is -3.65. The maximum atomic E-state index is 12.6. The van der Waals surface area contributed by atoms with Crippen molar-refractivity contribution in [3.63, 3.8) is 0 Å². The fourth-order valence-electron chi connectivity index (χ4n) is 4.92. The number of anilines is 3. The molecule has 0 spiro atoms. The number of fused-ring (bicyclic) bond motifs is 9. The summed E-state index contributed by atoms with van der Waals surface area (Å²) in [6, 6.07) is 13.1. The van der Waals surface area contributed by atoms with Crippen LogP contribution in [0.3, 0.4) is 0 Å². The van der Waals surface area contributed by atoms with Gasteiger partial charge in [-0.1, -0.05) is 19.3 Å². The highest BCUT2D eigenvalue weighted by Gasteiger charge is 2.16. The number of carbonyl (C=O) groups is 1. The molecule has 37 heavy (non-hydrogen) atoms. The maximum absolute atomic E-state index is 12.6. The van der Waals surface area contributed by atoms with Gasteiger partial charge in [-0.25, -0.2) is 9.97 Å². The molecule has 1 amide bonds. The largest absolute Gasteiger partial charge is 0.493 e. The van der Waals surface area contributed by atoms with Gasteiger partial charge in [-0.3, -0.25) is 4.79 Å². The monoisotopic (exact) mass is 501 g/mol. The molecule has 0 radical (unpaired) electrons. The van der Waals surface area contributed by atoms with Crippen LogP contribution in [0, 0.1) is 5.92 Å². The minimum Gasteiger partial charge on any atom is -0.493 e. The van der Waals surface area contributed by atoms with E-state index >= 15 is 0 Å². The number of hydrogen-bond donors (Lipinski definition) is 3. The molecule has 4 N–H and O–H groups in total. The van der Waals surface area contributed by atoms with Crippen LogP contribution in [0.4, 0.5) is 17.3 Å². The highest BCUT2D eigenvalue weighted by Crippen LogP contribution is 2.30. The van der Waals surface area contributed by atoms with Gasteiger partial charge in [0.05, 0.1) is 18.9 Å². The first-order valence-corrected chi connectivity index (χ1v) is 13.3. The molecule has 0 saturated heterocycles. The molecule has 3 aliphatic rings. The highest BCUT2D eigenvalue weighted by atomic mass is 16.5. The van der Waals surface area contributed by atoms with Crippen LogP contribution in [-0.4, -0.2) is 35.6 Å². The van der Waals surface area contributed by atoms with Gasteiger partial charge in [0.1, 0.15) is 5.75 Å². The number of carbonyl (C=O) groups excluding carboxylic acids is 1. The summed E-state index contributed by atoms with van der Waals surface area (Å²) in [6.45, 7) is 2.37. The van der Waals surface area contributed by atoms with Crippen molar-refractivity contribution < 1.29 is 14.3 Å². The van der Waals surface area contributed by atoms with Gasteiger partial charge in [-0.2, -0.15) is 0 Å². The quantitative estimate of drug-likeness (QED) is 0.408. The topological polar surface area (TPSA) is 111 Å². The molecule has 8 nitrogen and oxygen atoms in total. The average molecular weight is 502 g/mol. The SMILES string of the molecule is Nc1cc2ccc1-c1ccnc(n1)Nc1ccc(OCC3CCCCC3)c(c1)COCCCCNC2=O. The van der Waals surface area contributed by atoms with E-state index in [2.05, 4.69) is 20.6 Å². The van der Waals surface area contributed by atoms with E-state index in [-0.39, 0.29) is 5.91 Å². The van der Waals surface area contributed by atoms with Gasteiger partial charge in [0.15, 0.2) is 0 Å². The van der Waals surface area contributed by atoms with Crippen molar-refractivity contribution in [3.8, 4) is 17.0 Å². The number of aromatic nitrogens is 2. The molecule has 1 aliphatic carbocycles. The summed E-state index contributed by atoms with van der Waals surface area (Å²) in [6.07, 6.45) is 9.76. The second-order valence-corrected chi connectivity index (χ2v) is 9.85. The van der Waals surface area contributed by atoms with Crippen LogP contribution >= 0.6 is 0 Å². The predicted octanol–water partition coefficient (Wildman–Crippen LogP) is 5.47. The Morgan fingerprint density at radius 3 is 2.78 bits per heavy atom. The Morgan fingerprint density at radius 2 is 1.92 bits per heavy atom. The molecule has 1 fully saturated rings. The summed E-state index contributed by atoms with van der Waals surface area (Å²) >= 11 is 0. The van der Waals surface area contributed by atoms with Crippen molar-refractivity contribution >= 4 is 23.2 Å². The number of hydrogen-bond acceptors (Lipinski definition) is 7.